The van der Waals surface area contributed by atoms with Crippen molar-refractivity contribution in [2.75, 3.05) is 20.7 Å². The Morgan fingerprint density at radius 2 is 1.62 bits per heavy atom. The molecule has 0 saturated heterocycles. The van der Waals surface area contributed by atoms with Crippen molar-refractivity contribution in [1.29, 1.82) is 0 Å². The van der Waals surface area contributed by atoms with Crippen molar-refractivity contribution < 1.29 is 18.7 Å². The quantitative estimate of drug-likeness (QED) is 0.797. The van der Waals surface area contributed by atoms with Gasteiger partial charge in [-0.05, 0) is 35.4 Å². The molecule has 6 nitrogen and oxygen atoms in total. The fourth-order valence-corrected chi connectivity index (χ4v) is 2.23. The van der Waals surface area contributed by atoms with E-state index in [2.05, 4.69) is 10.6 Å². The van der Waals surface area contributed by atoms with Crippen molar-refractivity contribution in [2.24, 2.45) is 0 Å². The second-order valence-electron chi connectivity index (χ2n) is 5.76. The monoisotopic (exact) mass is 359 g/mol. The maximum absolute atomic E-state index is 12.8. The number of ether oxygens (including phenoxy) is 1. The molecule has 0 saturated carbocycles. The number of hydrogen-bond donors (Lipinski definition) is 2. The van der Waals surface area contributed by atoms with Crippen LogP contribution in [-0.2, 0) is 17.9 Å². The van der Waals surface area contributed by atoms with Gasteiger partial charge in [-0.15, -0.1) is 0 Å². The Bertz CT molecular complexity index is 733. The van der Waals surface area contributed by atoms with Crippen molar-refractivity contribution in [3.63, 3.8) is 0 Å². The van der Waals surface area contributed by atoms with Gasteiger partial charge in [-0.25, -0.2) is 9.18 Å². The minimum absolute atomic E-state index is 0.109. The predicted molar refractivity (Wildman–Crippen MR) is 96.1 cm³/mol. The van der Waals surface area contributed by atoms with Gasteiger partial charge in [0.1, 0.15) is 11.6 Å². The van der Waals surface area contributed by atoms with Crippen molar-refractivity contribution in [3.05, 3.63) is 65.5 Å². The number of carbonyl (C=O) groups excluding carboxylic acids is 2. The van der Waals surface area contributed by atoms with Gasteiger partial charge in [0.2, 0.25) is 5.91 Å². The predicted octanol–water partition coefficient (Wildman–Crippen LogP) is 2.29. The first kappa shape index (κ1) is 19.2. The fraction of sp³-hybridized carbons (Fsp3) is 0.263. The highest BCUT2D eigenvalue weighted by Gasteiger charge is 2.11. The smallest absolute Gasteiger partial charge is 0.315 e. The molecule has 0 unspecified atom stereocenters. The second-order valence-corrected chi connectivity index (χ2v) is 5.76. The maximum atomic E-state index is 12.8. The summed E-state index contributed by atoms with van der Waals surface area (Å²) in [4.78, 5) is 25.4. The summed E-state index contributed by atoms with van der Waals surface area (Å²) < 4.78 is 17.9. The zero-order valence-electron chi connectivity index (χ0n) is 14.8. The summed E-state index contributed by atoms with van der Waals surface area (Å²) in [6, 6.07) is 12.8. The van der Waals surface area contributed by atoms with E-state index < -0.39 is 6.03 Å². The van der Waals surface area contributed by atoms with E-state index in [0.717, 1.165) is 16.9 Å². The van der Waals surface area contributed by atoms with E-state index in [1.807, 2.05) is 24.3 Å². The van der Waals surface area contributed by atoms with Crippen molar-refractivity contribution >= 4 is 11.9 Å². The highest BCUT2D eigenvalue weighted by atomic mass is 19.1. The molecule has 2 aromatic rings. The number of methoxy groups -OCH3 is 1. The average Bonchev–Trinajstić information content (AvgIpc) is 2.66. The SMILES string of the molecule is COc1ccc(CN(C)C(=O)CNC(=O)NCc2ccc(F)cc2)cc1. The molecule has 2 rings (SSSR count). The number of halogens is 1. The van der Waals surface area contributed by atoms with Crippen LogP contribution in [0.2, 0.25) is 0 Å². The summed E-state index contributed by atoms with van der Waals surface area (Å²) in [5.74, 6) is 0.212. The van der Waals surface area contributed by atoms with Gasteiger partial charge in [-0.3, -0.25) is 4.79 Å². The lowest BCUT2D eigenvalue weighted by Gasteiger charge is -2.18. The van der Waals surface area contributed by atoms with Crippen molar-refractivity contribution in [1.82, 2.24) is 15.5 Å². The lowest BCUT2D eigenvalue weighted by atomic mass is 10.2. The largest absolute Gasteiger partial charge is 0.497 e. The first-order valence-electron chi connectivity index (χ1n) is 8.11. The first-order valence-corrected chi connectivity index (χ1v) is 8.11. The Kier molecular flexibility index (Phi) is 6.96. The van der Waals surface area contributed by atoms with E-state index in [-0.39, 0.29) is 24.8 Å². The summed E-state index contributed by atoms with van der Waals surface area (Å²) in [6.07, 6.45) is 0. The number of amides is 3. The number of nitrogens with zero attached hydrogens (tertiary/aromatic N) is 1. The highest BCUT2D eigenvalue weighted by molar-refractivity contribution is 5.83. The summed E-state index contributed by atoms with van der Waals surface area (Å²) in [6.45, 7) is 0.575. The topological polar surface area (TPSA) is 70.7 Å². The Morgan fingerprint density at radius 1 is 1.00 bits per heavy atom. The van der Waals surface area contributed by atoms with Gasteiger partial charge in [0.15, 0.2) is 0 Å². The van der Waals surface area contributed by atoms with E-state index in [4.69, 9.17) is 4.74 Å². The lowest BCUT2D eigenvalue weighted by molar-refractivity contribution is -0.129. The average molecular weight is 359 g/mol. The number of hydrogen-bond acceptors (Lipinski definition) is 3. The molecule has 0 atom stereocenters. The van der Waals surface area contributed by atoms with E-state index >= 15 is 0 Å². The van der Waals surface area contributed by atoms with Crippen LogP contribution >= 0.6 is 0 Å². The summed E-state index contributed by atoms with van der Waals surface area (Å²) in [7, 11) is 3.27. The number of rotatable bonds is 7. The molecule has 0 bridgehead atoms. The molecule has 3 amide bonds. The zero-order chi connectivity index (χ0) is 18.9. The molecule has 0 aromatic heterocycles. The third-order valence-corrected chi connectivity index (χ3v) is 3.77. The number of nitrogens with one attached hydrogen (secondary N) is 2. The van der Waals surface area contributed by atoms with Crippen LogP contribution in [0.4, 0.5) is 9.18 Å². The molecule has 138 valence electrons. The molecule has 0 heterocycles. The number of likely N-dealkylation sites (N-methyl/N-ethyl adjacent to an activating group) is 1. The molecule has 26 heavy (non-hydrogen) atoms. The maximum Gasteiger partial charge on any atom is 0.315 e. The molecule has 0 aliphatic carbocycles. The van der Waals surface area contributed by atoms with Crippen LogP contribution in [0.15, 0.2) is 48.5 Å². The van der Waals surface area contributed by atoms with Crippen LogP contribution in [0.1, 0.15) is 11.1 Å². The molecular weight excluding hydrogens is 337 g/mol. The van der Waals surface area contributed by atoms with Gasteiger partial charge in [-0.1, -0.05) is 24.3 Å². The van der Waals surface area contributed by atoms with Gasteiger partial charge >= 0.3 is 6.03 Å². The highest BCUT2D eigenvalue weighted by Crippen LogP contribution is 2.12. The van der Waals surface area contributed by atoms with Gasteiger partial charge in [0.05, 0.1) is 13.7 Å². The molecule has 2 N–H and O–H groups in total. The molecule has 0 aliphatic rings. The van der Waals surface area contributed by atoms with Gasteiger partial charge in [0.25, 0.3) is 0 Å². The standard InChI is InChI=1S/C19H22FN3O3/c1-23(13-15-5-9-17(26-2)10-6-15)18(24)12-22-19(25)21-11-14-3-7-16(20)8-4-14/h3-10H,11-13H2,1-2H3,(H2,21,22,25). The Hall–Kier alpha value is -3.09. The number of benzene rings is 2. The molecule has 0 fully saturated rings. The van der Waals surface area contributed by atoms with Gasteiger partial charge in [-0.2, -0.15) is 0 Å². The third kappa shape index (κ3) is 6.08. The van der Waals surface area contributed by atoms with Crippen LogP contribution < -0.4 is 15.4 Å². The Balaban J connectivity index is 1.72. The Labute approximate surface area is 152 Å². The molecule has 0 aliphatic heterocycles. The first-order chi connectivity index (χ1) is 12.5. The van der Waals surface area contributed by atoms with Crippen LogP contribution in [-0.4, -0.2) is 37.5 Å². The molecule has 0 spiro atoms. The van der Waals surface area contributed by atoms with Gasteiger partial charge in [0, 0.05) is 20.1 Å². The Morgan fingerprint density at radius 3 is 2.23 bits per heavy atom. The number of carbonyl (C=O) groups is 2. The van der Waals surface area contributed by atoms with E-state index in [0.29, 0.717) is 6.54 Å². The summed E-state index contributed by atoms with van der Waals surface area (Å²) in [5, 5.41) is 5.13. The molecule has 7 heteroatoms. The van der Waals surface area contributed by atoms with Crippen LogP contribution in [0.3, 0.4) is 0 Å². The van der Waals surface area contributed by atoms with E-state index in [1.165, 1.54) is 17.0 Å². The summed E-state index contributed by atoms with van der Waals surface area (Å²) in [5.41, 5.74) is 1.73. The second kappa shape index (κ2) is 9.41. The fourth-order valence-electron chi connectivity index (χ4n) is 2.23. The van der Waals surface area contributed by atoms with Gasteiger partial charge < -0.3 is 20.3 Å². The van der Waals surface area contributed by atoms with Crippen LogP contribution in [0, 0.1) is 5.82 Å². The van der Waals surface area contributed by atoms with Crippen LogP contribution in [0.25, 0.3) is 0 Å². The lowest BCUT2D eigenvalue weighted by Crippen LogP contribution is -2.42. The minimum Gasteiger partial charge on any atom is -0.497 e. The van der Waals surface area contributed by atoms with E-state index in [1.54, 1.807) is 26.3 Å². The zero-order valence-corrected chi connectivity index (χ0v) is 14.8. The normalized spacial score (nSPS) is 10.1. The molecule has 0 radical (unpaired) electrons. The number of urea groups is 1. The third-order valence-electron chi connectivity index (χ3n) is 3.77. The molecular formula is C19H22FN3O3. The van der Waals surface area contributed by atoms with Crippen molar-refractivity contribution in [2.45, 2.75) is 13.1 Å². The van der Waals surface area contributed by atoms with E-state index in [9.17, 15) is 14.0 Å². The molecule has 2 aromatic carbocycles. The van der Waals surface area contributed by atoms with Crippen LogP contribution in [0.5, 0.6) is 5.75 Å². The van der Waals surface area contributed by atoms with Crippen molar-refractivity contribution in [3.8, 4) is 5.75 Å². The summed E-state index contributed by atoms with van der Waals surface area (Å²) >= 11 is 0. The minimum atomic E-state index is -0.458.